The number of aryl methyl sites for hydroxylation is 1. The van der Waals surface area contributed by atoms with Gasteiger partial charge in [0.15, 0.2) is 0 Å². The number of carbonyl (C=O) groups is 1. The van der Waals surface area contributed by atoms with E-state index in [0.717, 1.165) is 39.3 Å². The third-order valence-electron chi connectivity index (χ3n) is 4.75. The molecule has 4 nitrogen and oxygen atoms in total. The van der Waals surface area contributed by atoms with Crippen LogP contribution in [-0.2, 0) is 4.79 Å². The smallest absolute Gasteiger partial charge is 0.239 e. The first-order valence-corrected chi connectivity index (χ1v) is 8.41. The average Bonchev–Trinajstić information content (AvgIpc) is 2.56. The molecule has 0 saturated carbocycles. The van der Waals surface area contributed by atoms with E-state index in [4.69, 9.17) is 0 Å². The van der Waals surface area contributed by atoms with Gasteiger partial charge in [-0.15, -0.1) is 0 Å². The number of amides is 1. The molecule has 1 aromatic carbocycles. The number of anilines is 1. The first kappa shape index (κ1) is 16.8. The first-order valence-electron chi connectivity index (χ1n) is 8.41. The number of hydrogen-bond acceptors (Lipinski definition) is 3. The Kier molecular flexibility index (Phi) is 5.83. The van der Waals surface area contributed by atoms with Crippen molar-refractivity contribution in [1.82, 2.24) is 9.80 Å². The van der Waals surface area contributed by atoms with E-state index in [1.54, 1.807) is 0 Å². The molecule has 2 rings (SSSR count). The lowest BCUT2D eigenvalue weighted by atomic mass is 10.1. The summed E-state index contributed by atoms with van der Waals surface area (Å²) in [7, 11) is 0. The highest BCUT2D eigenvalue weighted by atomic mass is 16.2. The predicted octanol–water partition coefficient (Wildman–Crippen LogP) is 2.37. The molecule has 0 radical (unpaired) electrons. The molecule has 1 amide bonds. The van der Waals surface area contributed by atoms with Gasteiger partial charge in [-0.25, -0.2) is 0 Å². The van der Waals surface area contributed by atoms with Crippen LogP contribution in [0, 0.1) is 6.92 Å². The molecule has 1 unspecified atom stereocenters. The van der Waals surface area contributed by atoms with Gasteiger partial charge < -0.3 is 9.80 Å². The van der Waals surface area contributed by atoms with Gasteiger partial charge >= 0.3 is 0 Å². The summed E-state index contributed by atoms with van der Waals surface area (Å²) in [6.07, 6.45) is 0. The molecular weight excluding hydrogens is 274 g/mol. The Balaban J connectivity index is 1.94. The predicted molar refractivity (Wildman–Crippen MR) is 92.4 cm³/mol. The van der Waals surface area contributed by atoms with Crippen LogP contribution in [0.2, 0.25) is 0 Å². The first-order chi connectivity index (χ1) is 10.6. The maximum absolute atomic E-state index is 12.5. The Morgan fingerprint density at radius 2 is 1.73 bits per heavy atom. The molecule has 1 fully saturated rings. The van der Waals surface area contributed by atoms with Crippen LogP contribution in [0.15, 0.2) is 24.3 Å². The van der Waals surface area contributed by atoms with E-state index in [1.165, 1.54) is 11.3 Å². The Hall–Kier alpha value is -1.55. The average molecular weight is 303 g/mol. The standard InChI is InChI=1S/C18H29N3O/c1-5-19(6-2)18(22)16(4)20-11-13-21(14-12-20)17-10-8-7-9-15(17)3/h7-10,16H,5-6,11-14H2,1-4H3. The Morgan fingerprint density at radius 3 is 2.27 bits per heavy atom. The monoisotopic (exact) mass is 303 g/mol. The van der Waals surface area contributed by atoms with Gasteiger partial charge in [0.25, 0.3) is 0 Å². The highest BCUT2D eigenvalue weighted by Gasteiger charge is 2.28. The van der Waals surface area contributed by atoms with E-state index < -0.39 is 0 Å². The highest BCUT2D eigenvalue weighted by Crippen LogP contribution is 2.21. The lowest BCUT2D eigenvalue weighted by Crippen LogP contribution is -2.54. The zero-order chi connectivity index (χ0) is 16.1. The molecule has 4 heteroatoms. The summed E-state index contributed by atoms with van der Waals surface area (Å²) in [6.45, 7) is 13.8. The fourth-order valence-electron chi connectivity index (χ4n) is 3.22. The molecule has 122 valence electrons. The molecule has 0 bridgehead atoms. The number of rotatable bonds is 5. The van der Waals surface area contributed by atoms with Crippen molar-refractivity contribution in [2.45, 2.75) is 33.7 Å². The van der Waals surface area contributed by atoms with Gasteiger partial charge in [-0.3, -0.25) is 9.69 Å². The molecule has 1 saturated heterocycles. The van der Waals surface area contributed by atoms with Gasteiger partial charge in [0.2, 0.25) is 5.91 Å². The lowest BCUT2D eigenvalue weighted by Gasteiger charge is -2.40. The van der Waals surface area contributed by atoms with Crippen molar-refractivity contribution in [3.8, 4) is 0 Å². The second-order valence-electron chi connectivity index (χ2n) is 6.00. The lowest BCUT2D eigenvalue weighted by molar-refractivity contribution is -0.136. The number of para-hydroxylation sites is 1. The van der Waals surface area contributed by atoms with Crippen LogP contribution in [0.1, 0.15) is 26.3 Å². The molecule has 0 N–H and O–H groups in total. The fraction of sp³-hybridized carbons (Fsp3) is 0.611. The highest BCUT2D eigenvalue weighted by molar-refractivity contribution is 5.81. The van der Waals surface area contributed by atoms with Crippen molar-refractivity contribution < 1.29 is 4.79 Å². The maximum Gasteiger partial charge on any atom is 0.239 e. The van der Waals surface area contributed by atoms with Gasteiger partial charge in [0.05, 0.1) is 6.04 Å². The van der Waals surface area contributed by atoms with E-state index in [9.17, 15) is 4.79 Å². The molecule has 1 aliphatic rings. The number of nitrogens with zero attached hydrogens (tertiary/aromatic N) is 3. The van der Waals surface area contributed by atoms with Crippen LogP contribution in [-0.4, -0.2) is 61.0 Å². The van der Waals surface area contributed by atoms with E-state index >= 15 is 0 Å². The van der Waals surface area contributed by atoms with Crippen molar-refractivity contribution in [3.63, 3.8) is 0 Å². The number of likely N-dealkylation sites (N-methyl/N-ethyl adjacent to an activating group) is 1. The SMILES string of the molecule is CCN(CC)C(=O)C(C)N1CCN(c2ccccc2C)CC1. The molecule has 0 aromatic heterocycles. The normalized spacial score (nSPS) is 17.4. The van der Waals surface area contributed by atoms with Gasteiger partial charge in [0, 0.05) is 45.0 Å². The van der Waals surface area contributed by atoms with E-state index in [2.05, 4.69) is 41.0 Å². The summed E-state index contributed by atoms with van der Waals surface area (Å²) < 4.78 is 0. The van der Waals surface area contributed by atoms with Crippen molar-refractivity contribution in [3.05, 3.63) is 29.8 Å². The van der Waals surface area contributed by atoms with Crippen LogP contribution in [0.5, 0.6) is 0 Å². The molecule has 1 atom stereocenters. The van der Waals surface area contributed by atoms with Crippen molar-refractivity contribution in [2.24, 2.45) is 0 Å². The number of hydrogen-bond donors (Lipinski definition) is 0. The Labute approximate surface area is 134 Å². The summed E-state index contributed by atoms with van der Waals surface area (Å²) in [5.41, 5.74) is 2.65. The second kappa shape index (κ2) is 7.63. The summed E-state index contributed by atoms with van der Waals surface area (Å²) >= 11 is 0. The Bertz CT molecular complexity index is 491. The summed E-state index contributed by atoms with van der Waals surface area (Å²) in [5.74, 6) is 0.259. The van der Waals surface area contributed by atoms with Gasteiger partial charge in [-0.1, -0.05) is 18.2 Å². The van der Waals surface area contributed by atoms with Gasteiger partial charge in [0.1, 0.15) is 0 Å². The van der Waals surface area contributed by atoms with E-state index in [0.29, 0.717) is 0 Å². The van der Waals surface area contributed by atoms with Gasteiger partial charge in [-0.2, -0.15) is 0 Å². The zero-order valence-electron chi connectivity index (χ0n) is 14.4. The third-order valence-corrected chi connectivity index (χ3v) is 4.75. The van der Waals surface area contributed by atoms with Crippen molar-refractivity contribution in [1.29, 1.82) is 0 Å². The minimum Gasteiger partial charge on any atom is -0.369 e. The quantitative estimate of drug-likeness (QED) is 0.835. The summed E-state index contributed by atoms with van der Waals surface area (Å²) in [6, 6.07) is 8.52. The molecular formula is C18H29N3O. The fourth-order valence-corrected chi connectivity index (χ4v) is 3.22. The number of carbonyl (C=O) groups excluding carboxylic acids is 1. The maximum atomic E-state index is 12.5. The van der Waals surface area contributed by atoms with Crippen LogP contribution in [0.4, 0.5) is 5.69 Å². The van der Waals surface area contributed by atoms with Crippen LogP contribution < -0.4 is 4.90 Å². The van der Waals surface area contributed by atoms with Gasteiger partial charge in [-0.05, 0) is 39.3 Å². The third kappa shape index (κ3) is 3.61. The summed E-state index contributed by atoms with van der Waals surface area (Å²) in [4.78, 5) is 19.2. The van der Waals surface area contributed by atoms with Crippen molar-refractivity contribution >= 4 is 11.6 Å². The van der Waals surface area contributed by atoms with Crippen LogP contribution in [0.3, 0.4) is 0 Å². The molecule has 22 heavy (non-hydrogen) atoms. The second-order valence-corrected chi connectivity index (χ2v) is 6.00. The topological polar surface area (TPSA) is 26.8 Å². The zero-order valence-corrected chi connectivity index (χ0v) is 14.4. The minimum atomic E-state index is -0.0149. The van der Waals surface area contributed by atoms with Crippen LogP contribution in [0.25, 0.3) is 0 Å². The minimum absolute atomic E-state index is 0.0149. The van der Waals surface area contributed by atoms with E-state index in [1.807, 2.05) is 25.7 Å². The molecule has 1 aliphatic heterocycles. The summed E-state index contributed by atoms with van der Waals surface area (Å²) in [5, 5.41) is 0. The molecule has 1 heterocycles. The van der Waals surface area contributed by atoms with Crippen molar-refractivity contribution in [2.75, 3.05) is 44.2 Å². The number of benzene rings is 1. The molecule has 0 aliphatic carbocycles. The molecule has 0 spiro atoms. The molecule has 1 aromatic rings. The van der Waals surface area contributed by atoms with Crippen LogP contribution >= 0.6 is 0 Å². The number of piperazine rings is 1. The largest absolute Gasteiger partial charge is 0.369 e. The van der Waals surface area contributed by atoms with E-state index in [-0.39, 0.29) is 11.9 Å². The Morgan fingerprint density at radius 1 is 1.14 bits per heavy atom.